The normalized spacial score (nSPS) is 13.5. The maximum absolute atomic E-state index is 12.8. The van der Waals surface area contributed by atoms with Gasteiger partial charge >= 0.3 is 6.03 Å². The quantitative estimate of drug-likeness (QED) is 0.818. The Labute approximate surface area is 157 Å². The van der Waals surface area contributed by atoms with Crippen molar-refractivity contribution in [3.8, 4) is 11.8 Å². The Bertz CT molecular complexity index is 867. The molecule has 0 unspecified atom stereocenters. The van der Waals surface area contributed by atoms with Crippen LogP contribution in [0.15, 0.2) is 48.5 Å². The fourth-order valence-corrected chi connectivity index (χ4v) is 2.78. The number of amides is 3. The second-order valence-corrected chi connectivity index (χ2v) is 6.17. The van der Waals surface area contributed by atoms with E-state index in [2.05, 4.69) is 22.5 Å². The first-order valence-electron chi connectivity index (χ1n) is 8.81. The molecule has 1 fully saturated rings. The molecule has 0 bridgehead atoms. The zero-order chi connectivity index (χ0) is 19.1. The number of carbonyl (C=O) groups excluding carboxylic acids is 2. The molecule has 0 saturated carbocycles. The molecule has 3 amide bonds. The molecule has 0 spiro atoms. The van der Waals surface area contributed by atoms with Crippen molar-refractivity contribution < 1.29 is 14.0 Å². The van der Waals surface area contributed by atoms with E-state index in [0.717, 1.165) is 30.6 Å². The summed E-state index contributed by atoms with van der Waals surface area (Å²) in [4.78, 5) is 25.5. The Balaban J connectivity index is 1.48. The molecule has 2 aromatic carbocycles. The fourth-order valence-electron chi connectivity index (χ4n) is 2.78. The molecule has 0 aromatic heterocycles. The monoisotopic (exact) mass is 365 g/mol. The predicted molar refractivity (Wildman–Crippen MR) is 103 cm³/mol. The van der Waals surface area contributed by atoms with Crippen molar-refractivity contribution in [3.05, 3.63) is 59.9 Å². The van der Waals surface area contributed by atoms with Crippen molar-refractivity contribution in [2.45, 2.75) is 19.3 Å². The van der Waals surface area contributed by atoms with Crippen LogP contribution in [-0.4, -0.2) is 25.0 Å². The second kappa shape index (κ2) is 8.86. The Morgan fingerprint density at radius 1 is 1.07 bits per heavy atom. The molecule has 0 atom stereocenters. The van der Waals surface area contributed by atoms with Gasteiger partial charge in [-0.1, -0.05) is 11.8 Å². The third-order valence-corrected chi connectivity index (χ3v) is 4.17. The zero-order valence-electron chi connectivity index (χ0n) is 14.8. The second-order valence-electron chi connectivity index (χ2n) is 6.17. The molecule has 5 nitrogen and oxygen atoms in total. The van der Waals surface area contributed by atoms with Crippen LogP contribution in [-0.2, 0) is 4.79 Å². The van der Waals surface area contributed by atoms with Crippen LogP contribution in [0.2, 0.25) is 0 Å². The maximum atomic E-state index is 12.8. The smallest absolute Gasteiger partial charge is 0.319 e. The summed E-state index contributed by atoms with van der Waals surface area (Å²) < 4.78 is 12.8. The molecule has 2 N–H and O–H groups in total. The molecule has 0 aliphatic carbocycles. The summed E-state index contributed by atoms with van der Waals surface area (Å²) in [5, 5.41) is 5.21. The summed E-state index contributed by atoms with van der Waals surface area (Å²) in [7, 11) is 0. The summed E-state index contributed by atoms with van der Waals surface area (Å²) in [5.41, 5.74) is 2.20. The van der Waals surface area contributed by atoms with Crippen LogP contribution in [0.4, 0.5) is 20.6 Å². The molecular formula is C21H20FN3O2. The van der Waals surface area contributed by atoms with Crippen molar-refractivity contribution in [1.82, 2.24) is 5.32 Å². The number of urea groups is 1. The zero-order valence-corrected chi connectivity index (χ0v) is 14.8. The third-order valence-electron chi connectivity index (χ3n) is 4.17. The van der Waals surface area contributed by atoms with Gasteiger partial charge in [0.2, 0.25) is 5.91 Å². The number of carbonyl (C=O) groups is 2. The van der Waals surface area contributed by atoms with Crippen LogP contribution in [0, 0.1) is 17.7 Å². The van der Waals surface area contributed by atoms with E-state index in [1.807, 2.05) is 29.2 Å². The minimum Gasteiger partial charge on any atom is -0.327 e. The van der Waals surface area contributed by atoms with Gasteiger partial charge in [-0.25, -0.2) is 9.18 Å². The number of nitrogens with zero attached hydrogens (tertiary/aromatic N) is 1. The molecule has 2 aromatic rings. The van der Waals surface area contributed by atoms with E-state index in [9.17, 15) is 14.0 Å². The van der Waals surface area contributed by atoms with E-state index in [1.54, 1.807) is 0 Å². The highest BCUT2D eigenvalue weighted by atomic mass is 19.1. The van der Waals surface area contributed by atoms with Crippen molar-refractivity contribution in [3.63, 3.8) is 0 Å². The van der Waals surface area contributed by atoms with Crippen molar-refractivity contribution in [1.29, 1.82) is 0 Å². The fraction of sp³-hybridized carbons (Fsp3) is 0.238. The summed E-state index contributed by atoms with van der Waals surface area (Å²) in [6.07, 6.45) is 2.59. The average Bonchev–Trinajstić information content (AvgIpc) is 2.68. The third kappa shape index (κ3) is 5.32. The highest BCUT2D eigenvalue weighted by Gasteiger charge is 2.19. The van der Waals surface area contributed by atoms with E-state index >= 15 is 0 Å². The van der Waals surface area contributed by atoms with E-state index < -0.39 is 6.03 Å². The summed E-state index contributed by atoms with van der Waals surface area (Å²) >= 11 is 0. The van der Waals surface area contributed by atoms with Gasteiger partial charge in [-0.3, -0.25) is 4.79 Å². The molecule has 6 heteroatoms. The number of hydrogen-bond acceptors (Lipinski definition) is 2. The van der Waals surface area contributed by atoms with Gasteiger partial charge in [-0.2, -0.15) is 0 Å². The Morgan fingerprint density at radius 3 is 2.52 bits per heavy atom. The minimum absolute atomic E-state index is 0.163. The summed E-state index contributed by atoms with van der Waals surface area (Å²) in [6.45, 7) is 0.941. The van der Waals surface area contributed by atoms with E-state index in [0.29, 0.717) is 12.1 Å². The van der Waals surface area contributed by atoms with E-state index in [-0.39, 0.29) is 18.3 Å². The van der Waals surface area contributed by atoms with Crippen molar-refractivity contribution in [2.75, 3.05) is 23.3 Å². The van der Waals surface area contributed by atoms with Gasteiger partial charge in [-0.05, 0) is 61.4 Å². The van der Waals surface area contributed by atoms with Crippen LogP contribution in [0.1, 0.15) is 24.8 Å². The molecule has 1 heterocycles. The molecule has 1 aliphatic rings. The van der Waals surface area contributed by atoms with E-state index in [4.69, 9.17) is 0 Å². The number of rotatable bonds is 3. The largest absolute Gasteiger partial charge is 0.327 e. The van der Waals surface area contributed by atoms with E-state index in [1.165, 1.54) is 24.3 Å². The van der Waals surface area contributed by atoms with Crippen LogP contribution in [0.3, 0.4) is 0 Å². The lowest BCUT2D eigenvalue weighted by molar-refractivity contribution is -0.119. The summed E-state index contributed by atoms with van der Waals surface area (Å²) in [5.74, 6) is 5.64. The van der Waals surface area contributed by atoms with Crippen LogP contribution in [0.25, 0.3) is 0 Å². The average molecular weight is 365 g/mol. The summed E-state index contributed by atoms with van der Waals surface area (Å²) in [6, 6.07) is 12.6. The Hall–Kier alpha value is -3.33. The lowest BCUT2D eigenvalue weighted by Crippen LogP contribution is -2.35. The highest BCUT2D eigenvalue weighted by Crippen LogP contribution is 2.21. The number of piperidine rings is 1. The number of anilines is 2. The minimum atomic E-state index is -0.408. The van der Waals surface area contributed by atoms with Gasteiger partial charge in [0, 0.05) is 29.9 Å². The number of nitrogens with one attached hydrogen (secondary N) is 2. The van der Waals surface area contributed by atoms with Gasteiger partial charge in [0.25, 0.3) is 0 Å². The predicted octanol–water partition coefficient (Wildman–Crippen LogP) is 3.52. The maximum Gasteiger partial charge on any atom is 0.319 e. The first kappa shape index (κ1) is 18.5. The highest BCUT2D eigenvalue weighted by molar-refractivity contribution is 5.94. The Morgan fingerprint density at radius 2 is 1.81 bits per heavy atom. The number of halogens is 1. The first-order chi connectivity index (χ1) is 13.1. The molecule has 138 valence electrons. The molecule has 1 saturated heterocycles. The lowest BCUT2D eigenvalue weighted by atomic mass is 10.1. The number of benzene rings is 2. The van der Waals surface area contributed by atoms with Crippen molar-refractivity contribution >= 4 is 23.3 Å². The van der Waals surface area contributed by atoms with Gasteiger partial charge in [-0.15, -0.1) is 0 Å². The van der Waals surface area contributed by atoms with Crippen molar-refractivity contribution in [2.24, 2.45) is 0 Å². The van der Waals surface area contributed by atoms with Crippen LogP contribution < -0.4 is 15.5 Å². The topological polar surface area (TPSA) is 61.4 Å². The van der Waals surface area contributed by atoms with Gasteiger partial charge in [0.05, 0.1) is 6.54 Å². The number of hydrogen-bond donors (Lipinski definition) is 2. The molecule has 1 aliphatic heterocycles. The van der Waals surface area contributed by atoms with Gasteiger partial charge in [0.1, 0.15) is 5.82 Å². The van der Waals surface area contributed by atoms with Crippen LogP contribution >= 0.6 is 0 Å². The molecule has 27 heavy (non-hydrogen) atoms. The molecular weight excluding hydrogens is 345 g/mol. The lowest BCUT2D eigenvalue weighted by Gasteiger charge is -2.26. The van der Waals surface area contributed by atoms with Gasteiger partial charge < -0.3 is 15.5 Å². The van der Waals surface area contributed by atoms with Gasteiger partial charge in [0.15, 0.2) is 0 Å². The molecule has 0 radical (unpaired) electrons. The van der Waals surface area contributed by atoms with Crippen LogP contribution in [0.5, 0.6) is 0 Å². The Kier molecular flexibility index (Phi) is 6.06. The standard InChI is InChI=1S/C21H20FN3O2/c22-17-8-10-18(11-9-17)24-21(27)23-14-3-4-16-6-12-19(13-7-16)25-15-2-1-5-20(25)26/h6-13H,1-2,5,14-15H2,(H2,23,24,27). The first-order valence-corrected chi connectivity index (χ1v) is 8.81. The SMILES string of the molecule is O=C(NCC#Cc1ccc(N2CCCCC2=O)cc1)Nc1ccc(F)cc1. The molecule has 3 rings (SSSR count).